The lowest BCUT2D eigenvalue weighted by atomic mass is 9.97. The molecule has 0 heterocycles. The second-order valence-corrected chi connectivity index (χ2v) is 4.08. The van der Waals surface area contributed by atoms with Gasteiger partial charge in [0, 0.05) is 12.6 Å². The van der Waals surface area contributed by atoms with Gasteiger partial charge < -0.3 is 10.4 Å². The maximum absolute atomic E-state index is 10.0. The van der Waals surface area contributed by atoms with Crippen molar-refractivity contribution < 1.29 is 5.11 Å². The van der Waals surface area contributed by atoms with Crippen LogP contribution in [0.4, 0.5) is 0 Å². The van der Waals surface area contributed by atoms with Crippen LogP contribution in [-0.2, 0) is 0 Å². The zero-order chi connectivity index (χ0) is 11.0. The van der Waals surface area contributed by atoms with Crippen molar-refractivity contribution in [1.29, 1.82) is 0 Å². The molecule has 0 saturated heterocycles. The predicted molar refractivity (Wildman–Crippen MR) is 62.4 cm³/mol. The van der Waals surface area contributed by atoms with Gasteiger partial charge in [0.15, 0.2) is 0 Å². The highest BCUT2D eigenvalue weighted by Gasteiger charge is 2.21. The highest BCUT2D eigenvalue weighted by molar-refractivity contribution is 4.80. The van der Waals surface area contributed by atoms with E-state index >= 15 is 0 Å². The van der Waals surface area contributed by atoms with Crippen LogP contribution in [0.15, 0.2) is 12.7 Å². The van der Waals surface area contributed by atoms with Gasteiger partial charge in [-0.3, -0.25) is 0 Å². The summed E-state index contributed by atoms with van der Waals surface area (Å²) in [5.74, 6) is 0. The highest BCUT2D eigenvalue weighted by Crippen LogP contribution is 2.13. The average Bonchev–Trinajstić information content (AvgIpc) is 2.23. The summed E-state index contributed by atoms with van der Waals surface area (Å²) in [5.41, 5.74) is -0.525. The van der Waals surface area contributed by atoms with Gasteiger partial charge in [0.2, 0.25) is 0 Å². The van der Waals surface area contributed by atoms with E-state index < -0.39 is 5.60 Å². The molecule has 0 aliphatic rings. The minimum absolute atomic E-state index is 0.456. The third kappa shape index (κ3) is 5.40. The van der Waals surface area contributed by atoms with Crippen molar-refractivity contribution in [3.05, 3.63) is 12.7 Å². The maximum atomic E-state index is 10.0. The molecule has 1 unspecified atom stereocenters. The number of aliphatic hydroxyl groups is 1. The Morgan fingerprint density at radius 1 is 1.43 bits per heavy atom. The molecule has 0 fully saturated rings. The smallest absolute Gasteiger partial charge is 0.0766 e. The fraction of sp³-hybridized carbons (Fsp3) is 0.833. The Morgan fingerprint density at radius 2 is 2.00 bits per heavy atom. The first kappa shape index (κ1) is 13.7. The van der Waals surface area contributed by atoms with Crippen LogP contribution in [0.3, 0.4) is 0 Å². The first-order valence-electron chi connectivity index (χ1n) is 5.64. The summed E-state index contributed by atoms with van der Waals surface area (Å²) in [6, 6.07) is 0.456. The van der Waals surface area contributed by atoms with Gasteiger partial charge in [-0.05, 0) is 32.6 Å². The van der Waals surface area contributed by atoms with E-state index in [9.17, 15) is 5.11 Å². The van der Waals surface area contributed by atoms with Crippen LogP contribution in [0.1, 0.15) is 46.5 Å². The molecule has 0 aromatic rings. The van der Waals surface area contributed by atoms with Crippen molar-refractivity contribution in [1.82, 2.24) is 5.32 Å². The molecule has 2 nitrogen and oxygen atoms in total. The van der Waals surface area contributed by atoms with E-state index in [0.717, 1.165) is 25.7 Å². The summed E-state index contributed by atoms with van der Waals surface area (Å²) < 4.78 is 0. The van der Waals surface area contributed by atoms with Gasteiger partial charge in [0.05, 0.1) is 5.60 Å². The fourth-order valence-corrected chi connectivity index (χ4v) is 1.33. The molecular formula is C12H25NO. The van der Waals surface area contributed by atoms with Crippen molar-refractivity contribution >= 4 is 0 Å². The van der Waals surface area contributed by atoms with E-state index in [2.05, 4.69) is 18.8 Å². The zero-order valence-corrected chi connectivity index (χ0v) is 9.84. The molecule has 1 atom stereocenters. The van der Waals surface area contributed by atoms with Crippen LogP contribution < -0.4 is 5.32 Å². The van der Waals surface area contributed by atoms with Crippen LogP contribution in [0.5, 0.6) is 0 Å². The van der Waals surface area contributed by atoms with Gasteiger partial charge in [-0.25, -0.2) is 0 Å². The normalized spacial score (nSPS) is 14.0. The Balaban J connectivity index is 3.73. The van der Waals surface area contributed by atoms with Gasteiger partial charge in [-0.2, -0.15) is 0 Å². The lowest BCUT2D eigenvalue weighted by Gasteiger charge is -2.27. The maximum Gasteiger partial charge on any atom is 0.0766 e. The molecule has 0 saturated carbocycles. The van der Waals surface area contributed by atoms with Gasteiger partial charge in [-0.15, -0.1) is 6.58 Å². The van der Waals surface area contributed by atoms with E-state index in [4.69, 9.17) is 0 Å². The van der Waals surface area contributed by atoms with Crippen LogP contribution in [0, 0.1) is 0 Å². The number of hydrogen-bond acceptors (Lipinski definition) is 2. The first-order valence-corrected chi connectivity index (χ1v) is 5.64. The summed E-state index contributed by atoms with van der Waals surface area (Å²) in [6.45, 7) is 10.6. The van der Waals surface area contributed by atoms with Gasteiger partial charge in [0.25, 0.3) is 0 Å². The molecule has 0 bridgehead atoms. The van der Waals surface area contributed by atoms with E-state index in [1.54, 1.807) is 0 Å². The largest absolute Gasteiger partial charge is 0.389 e. The molecule has 0 aromatic heterocycles. The van der Waals surface area contributed by atoms with Crippen molar-refractivity contribution in [3.8, 4) is 0 Å². The lowest BCUT2D eigenvalue weighted by Crippen LogP contribution is -2.42. The topological polar surface area (TPSA) is 32.3 Å². The van der Waals surface area contributed by atoms with E-state index in [1.165, 1.54) is 0 Å². The van der Waals surface area contributed by atoms with Crippen molar-refractivity contribution in [3.63, 3.8) is 0 Å². The van der Waals surface area contributed by atoms with Crippen LogP contribution in [0.25, 0.3) is 0 Å². The minimum atomic E-state index is -0.525. The zero-order valence-electron chi connectivity index (χ0n) is 9.84. The quantitative estimate of drug-likeness (QED) is 0.589. The van der Waals surface area contributed by atoms with Gasteiger partial charge >= 0.3 is 0 Å². The number of rotatable bonds is 8. The molecule has 84 valence electrons. The van der Waals surface area contributed by atoms with Crippen molar-refractivity contribution in [2.75, 3.05) is 6.54 Å². The third-order valence-corrected chi connectivity index (χ3v) is 2.90. The van der Waals surface area contributed by atoms with Crippen LogP contribution in [-0.4, -0.2) is 23.3 Å². The molecule has 2 N–H and O–H groups in total. The van der Waals surface area contributed by atoms with Crippen molar-refractivity contribution in [2.24, 2.45) is 0 Å². The third-order valence-electron chi connectivity index (χ3n) is 2.90. The summed E-state index contributed by atoms with van der Waals surface area (Å²) in [5, 5.41) is 13.4. The Morgan fingerprint density at radius 3 is 2.43 bits per heavy atom. The number of nitrogens with one attached hydrogen (secondary N) is 1. The van der Waals surface area contributed by atoms with Gasteiger partial charge in [-0.1, -0.05) is 19.9 Å². The molecule has 14 heavy (non-hydrogen) atoms. The molecule has 0 spiro atoms. The first-order chi connectivity index (χ1) is 6.58. The summed E-state index contributed by atoms with van der Waals surface area (Å²) >= 11 is 0. The van der Waals surface area contributed by atoms with Crippen LogP contribution >= 0.6 is 0 Å². The second kappa shape index (κ2) is 7.02. The lowest BCUT2D eigenvalue weighted by molar-refractivity contribution is 0.0301. The van der Waals surface area contributed by atoms with E-state index in [-0.39, 0.29) is 0 Å². The molecule has 0 aliphatic heterocycles. The molecular weight excluding hydrogens is 174 g/mol. The van der Waals surface area contributed by atoms with Gasteiger partial charge in [0.1, 0.15) is 0 Å². The summed E-state index contributed by atoms with van der Waals surface area (Å²) in [4.78, 5) is 0. The Hall–Kier alpha value is -0.340. The van der Waals surface area contributed by atoms with E-state index in [0.29, 0.717) is 12.6 Å². The van der Waals surface area contributed by atoms with E-state index in [1.807, 2.05) is 19.9 Å². The Kier molecular flexibility index (Phi) is 6.85. The number of allylic oxidation sites excluding steroid dienone is 1. The summed E-state index contributed by atoms with van der Waals surface area (Å²) in [7, 11) is 0. The Labute approximate surface area is 88.4 Å². The SMILES string of the molecule is C=CCCC(C)NCC(O)(CC)CC. The summed E-state index contributed by atoms with van der Waals surface area (Å²) in [6.07, 6.45) is 5.68. The monoisotopic (exact) mass is 199 g/mol. The standard InChI is InChI=1S/C12H25NO/c1-5-8-9-11(4)13-10-12(14,6-2)7-3/h5,11,13-14H,1,6-10H2,2-4H3. The molecule has 0 rings (SSSR count). The molecule has 0 radical (unpaired) electrons. The minimum Gasteiger partial charge on any atom is -0.389 e. The molecule has 0 aromatic carbocycles. The molecule has 0 aliphatic carbocycles. The Bertz CT molecular complexity index is 152. The highest BCUT2D eigenvalue weighted by atomic mass is 16.3. The molecule has 2 heteroatoms. The number of hydrogen-bond donors (Lipinski definition) is 2. The second-order valence-electron chi connectivity index (χ2n) is 4.08. The fourth-order valence-electron chi connectivity index (χ4n) is 1.33. The predicted octanol–water partition coefficient (Wildman–Crippen LogP) is 2.48. The molecule has 0 amide bonds. The van der Waals surface area contributed by atoms with Crippen LogP contribution in [0.2, 0.25) is 0 Å². The van der Waals surface area contributed by atoms with Crippen molar-refractivity contribution in [2.45, 2.75) is 58.1 Å². The average molecular weight is 199 g/mol.